The SMILES string of the molecule is CCOCCN(CC)CC1(CNC(C)C)CCC(C)CC1. The predicted molar refractivity (Wildman–Crippen MR) is 91.8 cm³/mol. The van der Waals surface area contributed by atoms with Crippen LogP contribution in [0.5, 0.6) is 0 Å². The first-order chi connectivity index (χ1) is 10.0. The normalized spacial score (nSPS) is 26.7. The molecule has 0 amide bonds. The molecule has 3 heteroatoms. The highest BCUT2D eigenvalue weighted by Gasteiger charge is 2.35. The highest BCUT2D eigenvalue weighted by Crippen LogP contribution is 2.39. The third-order valence-electron chi connectivity index (χ3n) is 4.98. The van der Waals surface area contributed by atoms with E-state index < -0.39 is 0 Å². The molecule has 0 unspecified atom stereocenters. The maximum absolute atomic E-state index is 5.55. The van der Waals surface area contributed by atoms with Gasteiger partial charge in [-0.15, -0.1) is 0 Å². The standard InChI is InChI=1S/C18H38N2O/c1-6-20(12-13-21-7-2)15-18(14-19-16(3)4)10-8-17(5)9-11-18/h16-17,19H,6-15H2,1-5H3. The summed E-state index contributed by atoms with van der Waals surface area (Å²) in [6.45, 7) is 17.6. The molecule has 0 saturated heterocycles. The molecule has 0 aromatic rings. The fourth-order valence-electron chi connectivity index (χ4n) is 3.35. The van der Waals surface area contributed by atoms with Gasteiger partial charge < -0.3 is 15.0 Å². The molecule has 0 bridgehead atoms. The third kappa shape index (κ3) is 7.12. The van der Waals surface area contributed by atoms with E-state index >= 15 is 0 Å². The summed E-state index contributed by atoms with van der Waals surface area (Å²) < 4.78 is 5.55. The summed E-state index contributed by atoms with van der Waals surface area (Å²) in [4.78, 5) is 2.59. The number of hydrogen-bond donors (Lipinski definition) is 1. The van der Waals surface area contributed by atoms with Crippen LogP contribution in [0.3, 0.4) is 0 Å². The summed E-state index contributed by atoms with van der Waals surface area (Å²) in [5.74, 6) is 0.913. The largest absolute Gasteiger partial charge is 0.380 e. The van der Waals surface area contributed by atoms with Gasteiger partial charge in [0.05, 0.1) is 6.61 Å². The van der Waals surface area contributed by atoms with Gasteiger partial charge in [0.15, 0.2) is 0 Å². The second kappa shape index (κ2) is 9.81. The molecule has 0 atom stereocenters. The van der Waals surface area contributed by atoms with Crippen LogP contribution >= 0.6 is 0 Å². The van der Waals surface area contributed by atoms with Crippen molar-refractivity contribution in [3.8, 4) is 0 Å². The van der Waals surface area contributed by atoms with Crippen molar-refractivity contribution >= 4 is 0 Å². The van der Waals surface area contributed by atoms with Gasteiger partial charge in [0.1, 0.15) is 0 Å². The number of nitrogens with zero attached hydrogens (tertiary/aromatic N) is 1. The van der Waals surface area contributed by atoms with Crippen molar-refractivity contribution in [2.45, 2.75) is 66.3 Å². The molecule has 126 valence electrons. The van der Waals surface area contributed by atoms with Crippen molar-refractivity contribution in [3.63, 3.8) is 0 Å². The van der Waals surface area contributed by atoms with Crippen LogP contribution in [0.2, 0.25) is 0 Å². The van der Waals surface area contributed by atoms with Gasteiger partial charge in [-0.25, -0.2) is 0 Å². The quantitative estimate of drug-likeness (QED) is 0.624. The van der Waals surface area contributed by atoms with Crippen molar-refractivity contribution in [2.24, 2.45) is 11.3 Å². The molecule has 1 aliphatic rings. The Morgan fingerprint density at radius 2 is 1.90 bits per heavy atom. The summed E-state index contributed by atoms with van der Waals surface area (Å²) in [5, 5.41) is 3.71. The van der Waals surface area contributed by atoms with Gasteiger partial charge in [0.2, 0.25) is 0 Å². The van der Waals surface area contributed by atoms with Crippen molar-refractivity contribution in [1.29, 1.82) is 0 Å². The number of ether oxygens (including phenoxy) is 1. The lowest BCUT2D eigenvalue weighted by Gasteiger charge is -2.43. The molecule has 21 heavy (non-hydrogen) atoms. The van der Waals surface area contributed by atoms with E-state index in [0.717, 1.165) is 32.2 Å². The van der Waals surface area contributed by atoms with Gasteiger partial charge >= 0.3 is 0 Å². The van der Waals surface area contributed by atoms with Crippen molar-refractivity contribution < 1.29 is 4.74 Å². The lowest BCUT2D eigenvalue weighted by atomic mass is 9.70. The van der Waals surface area contributed by atoms with Gasteiger partial charge in [-0.1, -0.05) is 40.5 Å². The molecule has 0 radical (unpaired) electrons. The summed E-state index contributed by atoms with van der Waals surface area (Å²) in [7, 11) is 0. The fraction of sp³-hybridized carbons (Fsp3) is 1.00. The second-order valence-electron chi connectivity index (χ2n) is 7.28. The van der Waals surface area contributed by atoms with Crippen LogP contribution in [0.1, 0.15) is 60.3 Å². The van der Waals surface area contributed by atoms with Crippen LogP contribution in [-0.4, -0.2) is 50.3 Å². The second-order valence-corrected chi connectivity index (χ2v) is 7.28. The Bertz CT molecular complexity index is 260. The Balaban J connectivity index is 2.57. The number of likely N-dealkylation sites (N-methyl/N-ethyl adjacent to an activating group) is 1. The minimum atomic E-state index is 0.471. The van der Waals surface area contributed by atoms with E-state index in [4.69, 9.17) is 4.74 Å². The van der Waals surface area contributed by atoms with Crippen molar-refractivity contribution in [2.75, 3.05) is 39.4 Å². The van der Waals surface area contributed by atoms with E-state index in [1.165, 1.54) is 38.8 Å². The van der Waals surface area contributed by atoms with Crippen molar-refractivity contribution in [3.05, 3.63) is 0 Å². The van der Waals surface area contributed by atoms with Crippen LogP contribution in [-0.2, 0) is 4.74 Å². The average molecular weight is 299 g/mol. The highest BCUT2D eigenvalue weighted by molar-refractivity contribution is 4.89. The fourth-order valence-corrected chi connectivity index (χ4v) is 3.35. The Labute approximate surface area is 132 Å². The highest BCUT2D eigenvalue weighted by atomic mass is 16.5. The van der Waals surface area contributed by atoms with Gasteiger partial charge in [0.25, 0.3) is 0 Å². The Hall–Kier alpha value is -0.120. The zero-order chi connectivity index (χ0) is 15.7. The molecule has 0 aromatic heterocycles. The number of hydrogen-bond acceptors (Lipinski definition) is 3. The smallest absolute Gasteiger partial charge is 0.0593 e. The third-order valence-corrected chi connectivity index (χ3v) is 4.98. The minimum absolute atomic E-state index is 0.471. The first-order valence-corrected chi connectivity index (χ1v) is 9.05. The number of rotatable bonds is 10. The summed E-state index contributed by atoms with van der Waals surface area (Å²) in [6, 6.07) is 0.583. The summed E-state index contributed by atoms with van der Waals surface area (Å²) in [6.07, 6.45) is 5.53. The zero-order valence-corrected chi connectivity index (χ0v) is 15.1. The molecule has 1 fully saturated rings. The zero-order valence-electron chi connectivity index (χ0n) is 15.1. The number of nitrogens with one attached hydrogen (secondary N) is 1. The van der Waals surface area contributed by atoms with Gasteiger partial charge in [-0.05, 0) is 37.6 Å². The molecule has 0 aromatic carbocycles. The van der Waals surface area contributed by atoms with Crippen molar-refractivity contribution in [1.82, 2.24) is 10.2 Å². The molecule has 1 rings (SSSR count). The van der Waals surface area contributed by atoms with Gasteiger partial charge in [-0.3, -0.25) is 0 Å². The molecule has 0 heterocycles. The Morgan fingerprint density at radius 1 is 1.24 bits per heavy atom. The van der Waals surface area contributed by atoms with Crippen LogP contribution in [0.4, 0.5) is 0 Å². The summed E-state index contributed by atoms with van der Waals surface area (Å²) >= 11 is 0. The first-order valence-electron chi connectivity index (χ1n) is 9.05. The molecule has 0 aliphatic heterocycles. The molecule has 1 N–H and O–H groups in total. The molecular formula is C18H38N2O. The maximum atomic E-state index is 5.55. The Kier molecular flexibility index (Phi) is 8.84. The van der Waals surface area contributed by atoms with Crippen LogP contribution < -0.4 is 5.32 Å². The molecule has 1 aliphatic carbocycles. The maximum Gasteiger partial charge on any atom is 0.0593 e. The van der Waals surface area contributed by atoms with E-state index in [0.29, 0.717) is 11.5 Å². The minimum Gasteiger partial charge on any atom is -0.380 e. The molecule has 3 nitrogen and oxygen atoms in total. The first kappa shape index (κ1) is 18.9. The molecule has 0 spiro atoms. The van der Waals surface area contributed by atoms with Crippen LogP contribution in [0.25, 0.3) is 0 Å². The van der Waals surface area contributed by atoms with Gasteiger partial charge in [0, 0.05) is 32.3 Å². The summed E-state index contributed by atoms with van der Waals surface area (Å²) in [5.41, 5.74) is 0.471. The lowest BCUT2D eigenvalue weighted by molar-refractivity contribution is 0.0611. The molecule has 1 saturated carbocycles. The average Bonchev–Trinajstić information content (AvgIpc) is 2.47. The van der Waals surface area contributed by atoms with E-state index in [9.17, 15) is 0 Å². The predicted octanol–water partition coefficient (Wildman–Crippen LogP) is 3.54. The topological polar surface area (TPSA) is 24.5 Å². The van der Waals surface area contributed by atoms with E-state index in [1.807, 2.05) is 0 Å². The lowest BCUT2D eigenvalue weighted by Crippen LogP contribution is -2.48. The van der Waals surface area contributed by atoms with E-state index in [-0.39, 0.29) is 0 Å². The Morgan fingerprint density at radius 3 is 2.43 bits per heavy atom. The van der Waals surface area contributed by atoms with E-state index in [1.54, 1.807) is 0 Å². The van der Waals surface area contributed by atoms with Crippen LogP contribution in [0.15, 0.2) is 0 Å². The molecular weight excluding hydrogens is 260 g/mol. The van der Waals surface area contributed by atoms with E-state index in [2.05, 4.69) is 44.8 Å². The monoisotopic (exact) mass is 298 g/mol. The van der Waals surface area contributed by atoms with Crippen LogP contribution in [0, 0.1) is 11.3 Å². The van der Waals surface area contributed by atoms with Gasteiger partial charge in [-0.2, -0.15) is 0 Å².